The number of carbonyl (C=O) groups is 3. The van der Waals surface area contributed by atoms with Crippen LogP contribution in [0.1, 0.15) is 28.8 Å². The zero-order valence-electron chi connectivity index (χ0n) is 16.1. The number of ether oxygens (including phenoxy) is 2. The van der Waals surface area contributed by atoms with Gasteiger partial charge in [0.05, 0.1) is 7.11 Å². The van der Waals surface area contributed by atoms with Crippen molar-refractivity contribution >= 4 is 29.4 Å². The van der Waals surface area contributed by atoms with Crippen LogP contribution in [0.3, 0.4) is 0 Å². The molecule has 0 saturated carbocycles. The molecular formula is C21H23ClN2O5. The third-order valence-electron chi connectivity index (χ3n) is 3.94. The minimum Gasteiger partial charge on any atom is -0.497 e. The molecule has 0 aliphatic rings. The first-order valence-electron chi connectivity index (χ1n) is 9.07. The van der Waals surface area contributed by atoms with Gasteiger partial charge in [-0.2, -0.15) is 0 Å². The highest BCUT2D eigenvalue weighted by atomic mass is 35.5. The zero-order valence-corrected chi connectivity index (χ0v) is 16.8. The second kappa shape index (κ2) is 11.7. The minimum absolute atomic E-state index is 0.101. The van der Waals surface area contributed by atoms with Crippen LogP contribution in [0, 0.1) is 0 Å². The Morgan fingerprint density at radius 1 is 1.03 bits per heavy atom. The summed E-state index contributed by atoms with van der Waals surface area (Å²) in [6.07, 6.45) is 0.508. The number of amides is 2. The Morgan fingerprint density at radius 3 is 2.52 bits per heavy atom. The van der Waals surface area contributed by atoms with Crippen LogP contribution in [-0.4, -0.2) is 38.0 Å². The van der Waals surface area contributed by atoms with Crippen molar-refractivity contribution < 1.29 is 23.9 Å². The van der Waals surface area contributed by atoms with Crippen molar-refractivity contribution in [2.24, 2.45) is 0 Å². The monoisotopic (exact) mass is 418 g/mol. The fraction of sp³-hybridized carbons (Fsp3) is 0.286. The van der Waals surface area contributed by atoms with E-state index in [-0.39, 0.29) is 18.9 Å². The van der Waals surface area contributed by atoms with E-state index in [1.165, 1.54) is 0 Å². The van der Waals surface area contributed by atoms with Gasteiger partial charge in [0.1, 0.15) is 5.75 Å². The van der Waals surface area contributed by atoms with Crippen LogP contribution in [-0.2, 0) is 20.9 Å². The number of hydrogen-bond acceptors (Lipinski definition) is 5. The molecule has 2 aromatic rings. The molecule has 29 heavy (non-hydrogen) atoms. The molecule has 2 amide bonds. The van der Waals surface area contributed by atoms with Crippen LogP contribution in [0.15, 0.2) is 48.5 Å². The Morgan fingerprint density at radius 2 is 1.79 bits per heavy atom. The lowest BCUT2D eigenvalue weighted by Crippen LogP contribution is -2.28. The summed E-state index contributed by atoms with van der Waals surface area (Å²) in [6.45, 7) is 0.281. The summed E-state index contributed by atoms with van der Waals surface area (Å²) in [4.78, 5) is 35.4. The maximum Gasteiger partial charge on any atom is 0.306 e. The lowest BCUT2D eigenvalue weighted by Gasteiger charge is -2.08. The van der Waals surface area contributed by atoms with E-state index in [1.54, 1.807) is 31.4 Å². The van der Waals surface area contributed by atoms with E-state index in [1.807, 2.05) is 24.3 Å². The first-order chi connectivity index (χ1) is 14.0. The lowest BCUT2D eigenvalue weighted by atomic mass is 10.2. The molecule has 0 saturated heterocycles. The summed E-state index contributed by atoms with van der Waals surface area (Å²) in [7, 11) is 1.57. The van der Waals surface area contributed by atoms with Gasteiger partial charge >= 0.3 is 5.97 Å². The van der Waals surface area contributed by atoms with Gasteiger partial charge in [0, 0.05) is 30.1 Å². The largest absolute Gasteiger partial charge is 0.497 e. The molecule has 2 aromatic carbocycles. The molecule has 2 rings (SSSR count). The molecule has 154 valence electrons. The summed E-state index contributed by atoms with van der Waals surface area (Å²) >= 11 is 5.78. The van der Waals surface area contributed by atoms with E-state index < -0.39 is 11.9 Å². The van der Waals surface area contributed by atoms with Gasteiger partial charge in [0.15, 0.2) is 6.61 Å². The third kappa shape index (κ3) is 8.23. The Kier molecular flexibility index (Phi) is 8.98. The molecule has 0 unspecified atom stereocenters. The fourth-order valence-corrected chi connectivity index (χ4v) is 2.52. The highest BCUT2D eigenvalue weighted by Crippen LogP contribution is 2.12. The number of esters is 1. The number of halogens is 1. The molecule has 0 fully saturated rings. The minimum atomic E-state index is -0.498. The molecule has 0 aliphatic carbocycles. The first-order valence-corrected chi connectivity index (χ1v) is 9.44. The van der Waals surface area contributed by atoms with Gasteiger partial charge in [-0.15, -0.1) is 0 Å². The van der Waals surface area contributed by atoms with Crippen LogP contribution in [0.5, 0.6) is 5.75 Å². The van der Waals surface area contributed by atoms with Crippen molar-refractivity contribution in [1.82, 2.24) is 10.6 Å². The number of hydrogen-bond donors (Lipinski definition) is 2. The molecule has 7 nitrogen and oxygen atoms in total. The van der Waals surface area contributed by atoms with Crippen molar-refractivity contribution in [2.75, 3.05) is 20.3 Å². The standard InChI is InChI=1S/C21H23ClN2O5/c1-28-18-5-2-4-15(12-18)13-24-19(25)14-29-20(26)6-3-11-23-21(27)16-7-9-17(22)10-8-16/h2,4-5,7-10,12H,3,6,11,13-14H2,1H3,(H,23,27)(H,24,25). The molecule has 0 aromatic heterocycles. The second-order valence-corrected chi connectivity index (χ2v) is 6.59. The Balaban J connectivity index is 1.58. The first kappa shape index (κ1) is 22.2. The molecule has 2 N–H and O–H groups in total. The third-order valence-corrected chi connectivity index (χ3v) is 4.19. The van der Waals surface area contributed by atoms with Crippen LogP contribution < -0.4 is 15.4 Å². The van der Waals surface area contributed by atoms with Gasteiger partial charge in [-0.25, -0.2) is 0 Å². The van der Waals surface area contributed by atoms with E-state index in [9.17, 15) is 14.4 Å². The maximum absolute atomic E-state index is 11.9. The second-order valence-electron chi connectivity index (χ2n) is 6.16. The molecule has 0 spiro atoms. The van der Waals surface area contributed by atoms with Gasteiger partial charge in [0.2, 0.25) is 0 Å². The summed E-state index contributed by atoms with van der Waals surface area (Å²) in [6, 6.07) is 13.8. The van der Waals surface area contributed by atoms with E-state index >= 15 is 0 Å². The SMILES string of the molecule is COc1cccc(CNC(=O)COC(=O)CCCNC(=O)c2ccc(Cl)cc2)c1. The predicted octanol–water partition coefficient (Wildman–Crippen LogP) is 2.72. The summed E-state index contributed by atoms with van der Waals surface area (Å²) < 4.78 is 10.1. The maximum atomic E-state index is 11.9. The van der Waals surface area contributed by atoms with E-state index in [2.05, 4.69) is 10.6 Å². The van der Waals surface area contributed by atoms with Crippen molar-refractivity contribution in [2.45, 2.75) is 19.4 Å². The number of carbonyl (C=O) groups excluding carboxylic acids is 3. The van der Waals surface area contributed by atoms with Gasteiger partial charge in [-0.05, 0) is 48.4 Å². The predicted molar refractivity (Wildman–Crippen MR) is 109 cm³/mol. The smallest absolute Gasteiger partial charge is 0.306 e. The molecule has 0 heterocycles. The van der Waals surface area contributed by atoms with Crippen molar-refractivity contribution in [3.8, 4) is 5.75 Å². The number of benzene rings is 2. The Bertz CT molecular complexity index is 839. The highest BCUT2D eigenvalue weighted by molar-refractivity contribution is 6.30. The van der Waals surface area contributed by atoms with Gasteiger partial charge in [0.25, 0.3) is 11.8 Å². The lowest BCUT2D eigenvalue weighted by molar-refractivity contribution is -0.148. The molecule has 0 bridgehead atoms. The van der Waals surface area contributed by atoms with E-state index in [0.29, 0.717) is 35.8 Å². The molecular weight excluding hydrogens is 396 g/mol. The summed E-state index contributed by atoms with van der Waals surface area (Å²) in [5.74, 6) is -0.433. The van der Waals surface area contributed by atoms with E-state index in [4.69, 9.17) is 21.1 Å². The van der Waals surface area contributed by atoms with Crippen molar-refractivity contribution in [3.63, 3.8) is 0 Å². The van der Waals surface area contributed by atoms with Crippen molar-refractivity contribution in [3.05, 3.63) is 64.7 Å². The molecule has 0 atom stereocenters. The van der Waals surface area contributed by atoms with Crippen LogP contribution in [0.4, 0.5) is 0 Å². The Labute approximate surface area is 174 Å². The van der Waals surface area contributed by atoms with E-state index in [0.717, 1.165) is 5.56 Å². The van der Waals surface area contributed by atoms with Gasteiger partial charge < -0.3 is 20.1 Å². The molecule has 8 heteroatoms. The average molecular weight is 419 g/mol. The quantitative estimate of drug-likeness (QED) is 0.457. The normalized spacial score (nSPS) is 10.1. The van der Waals surface area contributed by atoms with Gasteiger partial charge in [-0.3, -0.25) is 14.4 Å². The number of nitrogens with one attached hydrogen (secondary N) is 2. The Hall–Kier alpha value is -3.06. The van der Waals surface area contributed by atoms with Gasteiger partial charge in [-0.1, -0.05) is 23.7 Å². The zero-order chi connectivity index (χ0) is 21.1. The van der Waals surface area contributed by atoms with Crippen LogP contribution >= 0.6 is 11.6 Å². The fourth-order valence-electron chi connectivity index (χ4n) is 2.39. The molecule has 0 aliphatic heterocycles. The average Bonchev–Trinajstić information content (AvgIpc) is 2.74. The number of methoxy groups -OCH3 is 1. The van der Waals surface area contributed by atoms with Crippen LogP contribution in [0.25, 0.3) is 0 Å². The number of rotatable bonds is 10. The highest BCUT2D eigenvalue weighted by Gasteiger charge is 2.09. The molecule has 0 radical (unpaired) electrons. The van der Waals surface area contributed by atoms with Crippen LogP contribution in [0.2, 0.25) is 5.02 Å². The van der Waals surface area contributed by atoms with Crippen molar-refractivity contribution in [1.29, 1.82) is 0 Å². The summed E-state index contributed by atoms with van der Waals surface area (Å²) in [5.41, 5.74) is 1.37. The topological polar surface area (TPSA) is 93.7 Å². The summed E-state index contributed by atoms with van der Waals surface area (Å²) in [5, 5.41) is 5.93.